The molecule has 1 saturated heterocycles. The highest BCUT2D eigenvalue weighted by Crippen LogP contribution is 2.37. The molecule has 10 heteroatoms. The molecule has 0 saturated carbocycles. The summed E-state index contributed by atoms with van der Waals surface area (Å²) in [5.74, 6) is 2.14. The van der Waals surface area contributed by atoms with E-state index in [1.165, 1.54) is 11.3 Å². The quantitative estimate of drug-likeness (QED) is 0.453. The van der Waals surface area contributed by atoms with Crippen molar-refractivity contribution >= 4 is 28.7 Å². The Kier molecular flexibility index (Phi) is 5.24. The number of aryl methyl sites for hydroxylation is 1. The first-order valence-corrected chi connectivity index (χ1v) is 11.2. The van der Waals surface area contributed by atoms with Gasteiger partial charge in [-0.15, -0.1) is 11.3 Å². The first kappa shape index (κ1) is 20.4. The molecule has 164 valence electrons. The Morgan fingerprint density at radius 2 is 1.84 bits per heavy atom. The monoisotopic (exact) mass is 448 g/mol. The third-order valence-electron chi connectivity index (χ3n) is 5.60. The van der Waals surface area contributed by atoms with Gasteiger partial charge < -0.3 is 25.8 Å². The van der Waals surface area contributed by atoms with Gasteiger partial charge in [0.15, 0.2) is 0 Å². The van der Waals surface area contributed by atoms with Crippen LogP contribution in [0.2, 0.25) is 0 Å². The highest BCUT2D eigenvalue weighted by Gasteiger charge is 2.20. The number of thiazole rings is 1. The fourth-order valence-electron chi connectivity index (χ4n) is 3.65. The summed E-state index contributed by atoms with van der Waals surface area (Å²) in [4.78, 5) is 18.9. The first-order valence-electron chi connectivity index (χ1n) is 10.3. The maximum Gasteiger partial charge on any atom is 0.272 e. The summed E-state index contributed by atoms with van der Waals surface area (Å²) < 4.78 is 5.50. The molecule has 32 heavy (non-hydrogen) atoms. The van der Waals surface area contributed by atoms with Gasteiger partial charge in [-0.25, -0.2) is 9.97 Å². The van der Waals surface area contributed by atoms with Crippen LogP contribution in [0.1, 0.15) is 5.56 Å². The SMILES string of the molecule is Cc1ccc(N)cc1-c1noc(-c2sc(-c3ccc(N4CCN(C)CC4)nc3)nc2N)n1. The van der Waals surface area contributed by atoms with E-state index in [9.17, 15) is 0 Å². The van der Waals surface area contributed by atoms with Gasteiger partial charge in [-0.1, -0.05) is 11.2 Å². The van der Waals surface area contributed by atoms with Gasteiger partial charge in [0.05, 0.1) is 0 Å². The Labute approximate surface area is 189 Å². The minimum atomic E-state index is 0.338. The topological polar surface area (TPSA) is 123 Å². The summed E-state index contributed by atoms with van der Waals surface area (Å²) in [7, 11) is 2.14. The molecule has 1 fully saturated rings. The van der Waals surface area contributed by atoms with Crippen LogP contribution < -0.4 is 16.4 Å². The first-order chi connectivity index (χ1) is 15.5. The standard InChI is InChI=1S/C22H24N8OS/c1-13-3-5-15(23)11-16(13)20-27-21(31-28-20)18-19(24)26-22(32-18)14-4-6-17(25-12-14)30-9-7-29(2)8-10-30/h3-6,11-12H,7-10,23-24H2,1-2H3. The average molecular weight is 449 g/mol. The van der Waals surface area contributed by atoms with E-state index in [0.29, 0.717) is 28.1 Å². The van der Waals surface area contributed by atoms with Crippen LogP contribution in [0.3, 0.4) is 0 Å². The lowest BCUT2D eigenvalue weighted by Crippen LogP contribution is -2.44. The van der Waals surface area contributed by atoms with Crippen LogP contribution in [0.4, 0.5) is 17.3 Å². The molecule has 0 amide bonds. The molecule has 0 atom stereocenters. The predicted octanol–water partition coefficient (Wildman–Crippen LogP) is 3.15. The van der Waals surface area contributed by atoms with Crippen molar-refractivity contribution in [2.75, 3.05) is 49.6 Å². The molecule has 0 aliphatic carbocycles. The number of nitrogens with two attached hydrogens (primary N) is 2. The average Bonchev–Trinajstić information content (AvgIpc) is 3.43. The van der Waals surface area contributed by atoms with Crippen LogP contribution in [0, 0.1) is 6.92 Å². The molecule has 0 bridgehead atoms. The number of hydrogen-bond acceptors (Lipinski definition) is 10. The van der Waals surface area contributed by atoms with Gasteiger partial charge in [-0.05, 0) is 43.8 Å². The number of anilines is 3. The van der Waals surface area contributed by atoms with Crippen LogP contribution in [0.25, 0.3) is 32.7 Å². The Bertz CT molecular complexity index is 1240. The van der Waals surface area contributed by atoms with Gasteiger partial charge in [0.25, 0.3) is 5.89 Å². The number of aromatic nitrogens is 4. The van der Waals surface area contributed by atoms with E-state index in [1.54, 1.807) is 0 Å². The van der Waals surface area contributed by atoms with Crippen molar-refractivity contribution in [3.63, 3.8) is 0 Å². The summed E-state index contributed by atoms with van der Waals surface area (Å²) in [5.41, 5.74) is 15.5. The zero-order valence-electron chi connectivity index (χ0n) is 17.9. The van der Waals surface area contributed by atoms with Crippen molar-refractivity contribution in [1.82, 2.24) is 25.0 Å². The lowest BCUT2D eigenvalue weighted by molar-refractivity contribution is 0.312. The normalized spacial score (nSPS) is 14.8. The summed E-state index contributed by atoms with van der Waals surface area (Å²) in [6.07, 6.45) is 1.84. The predicted molar refractivity (Wildman–Crippen MR) is 127 cm³/mol. The number of piperazine rings is 1. The summed E-state index contributed by atoms with van der Waals surface area (Å²) in [5, 5.41) is 4.88. The highest BCUT2D eigenvalue weighted by atomic mass is 32.1. The van der Waals surface area contributed by atoms with E-state index < -0.39 is 0 Å². The second-order valence-electron chi connectivity index (χ2n) is 7.93. The number of benzene rings is 1. The van der Waals surface area contributed by atoms with Crippen molar-refractivity contribution in [1.29, 1.82) is 0 Å². The van der Waals surface area contributed by atoms with E-state index in [4.69, 9.17) is 16.0 Å². The fourth-order valence-corrected chi connectivity index (χ4v) is 4.55. The zero-order chi connectivity index (χ0) is 22.2. The Morgan fingerprint density at radius 1 is 1.03 bits per heavy atom. The molecule has 3 aromatic heterocycles. The van der Waals surface area contributed by atoms with Crippen molar-refractivity contribution < 1.29 is 4.52 Å². The molecule has 0 radical (unpaired) electrons. The second kappa shape index (κ2) is 8.21. The van der Waals surface area contributed by atoms with Gasteiger partial charge in [-0.3, -0.25) is 0 Å². The summed E-state index contributed by atoms with van der Waals surface area (Å²) in [6.45, 7) is 6.00. The van der Waals surface area contributed by atoms with Crippen LogP contribution in [-0.4, -0.2) is 58.2 Å². The van der Waals surface area contributed by atoms with Crippen molar-refractivity contribution in [2.45, 2.75) is 6.92 Å². The summed E-state index contributed by atoms with van der Waals surface area (Å²) >= 11 is 1.41. The Morgan fingerprint density at radius 3 is 2.59 bits per heavy atom. The molecule has 4 aromatic rings. The second-order valence-corrected chi connectivity index (χ2v) is 8.93. The molecular weight excluding hydrogens is 424 g/mol. The van der Waals surface area contributed by atoms with Crippen molar-refractivity contribution in [3.8, 4) is 32.7 Å². The number of likely N-dealkylation sites (N-methyl/N-ethyl adjacent to an activating group) is 1. The minimum Gasteiger partial charge on any atom is -0.399 e. The van der Waals surface area contributed by atoms with Gasteiger partial charge in [-0.2, -0.15) is 4.98 Å². The molecule has 5 rings (SSSR count). The van der Waals surface area contributed by atoms with Gasteiger partial charge in [0.2, 0.25) is 5.82 Å². The third-order valence-corrected chi connectivity index (χ3v) is 6.71. The maximum absolute atomic E-state index is 6.19. The number of nitrogen functional groups attached to an aromatic ring is 2. The van der Waals surface area contributed by atoms with Crippen molar-refractivity contribution in [3.05, 3.63) is 42.1 Å². The number of hydrogen-bond donors (Lipinski definition) is 2. The molecule has 4 heterocycles. The lowest BCUT2D eigenvalue weighted by Gasteiger charge is -2.33. The van der Waals surface area contributed by atoms with E-state index in [0.717, 1.165) is 53.7 Å². The fraction of sp³-hybridized carbons (Fsp3) is 0.273. The van der Waals surface area contributed by atoms with Crippen LogP contribution in [0.5, 0.6) is 0 Å². The molecule has 1 aromatic carbocycles. The van der Waals surface area contributed by atoms with E-state index in [1.807, 2.05) is 43.5 Å². The summed E-state index contributed by atoms with van der Waals surface area (Å²) in [6, 6.07) is 9.66. The molecular formula is C22H24N8OS. The largest absolute Gasteiger partial charge is 0.399 e. The van der Waals surface area contributed by atoms with Crippen LogP contribution in [-0.2, 0) is 0 Å². The van der Waals surface area contributed by atoms with Gasteiger partial charge in [0.1, 0.15) is 21.5 Å². The Hall–Kier alpha value is -3.50. The molecule has 4 N–H and O–H groups in total. The molecule has 1 aliphatic heterocycles. The van der Waals surface area contributed by atoms with Crippen LogP contribution >= 0.6 is 11.3 Å². The van der Waals surface area contributed by atoms with Crippen LogP contribution in [0.15, 0.2) is 41.1 Å². The molecule has 0 unspecified atom stereocenters. The number of pyridine rings is 1. The van der Waals surface area contributed by atoms with Crippen molar-refractivity contribution in [2.24, 2.45) is 0 Å². The zero-order valence-corrected chi connectivity index (χ0v) is 18.8. The maximum atomic E-state index is 6.19. The van der Waals surface area contributed by atoms with Gasteiger partial charge >= 0.3 is 0 Å². The molecule has 0 spiro atoms. The molecule has 9 nitrogen and oxygen atoms in total. The molecule has 1 aliphatic rings. The Balaban J connectivity index is 1.39. The number of rotatable bonds is 4. The third kappa shape index (κ3) is 3.90. The van der Waals surface area contributed by atoms with E-state index in [-0.39, 0.29) is 0 Å². The minimum absolute atomic E-state index is 0.338. The highest BCUT2D eigenvalue weighted by molar-refractivity contribution is 7.18. The van der Waals surface area contributed by atoms with Gasteiger partial charge in [0, 0.05) is 49.2 Å². The number of nitrogens with zero attached hydrogens (tertiary/aromatic N) is 6. The van der Waals surface area contributed by atoms with E-state index >= 15 is 0 Å². The smallest absolute Gasteiger partial charge is 0.272 e. The van der Waals surface area contributed by atoms with E-state index in [2.05, 4.69) is 37.0 Å². The lowest BCUT2D eigenvalue weighted by atomic mass is 10.1.